The van der Waals surface area contributed by atoms with E-state index in [9.17, 15) is 9.59 Å². The Morgan fingerprint density at radius 1 is 1.44 bits per heavy atom. The molecule has 16 heavy (non-hydrogen) atoms. The van der Waals surface area contributed by atoms with Crippen LogP contribution >= 0.6 is 12.2 Å². The Kier molecular flexibility index (Phi) is 2.87. The zero-order valence-electron chi connectivity index (χ0n) is 8.84. The number of carbonyl (C=O) groups is 2. The second kappa shape index (κ2) is 4.17. The van der Waals surface area contributed by atoms with Gasteiger partial charge in [0.25, 0.3) is 11.8 Å². The molecule has 1 fully saturated rings. The second-order valence-corrected chi connectivity index (χ2v) is 4.18. The fraction of sp³-hybridized carbons (Fsp3) is 0.364. The lowest BCUT2D eigenvalue weighted by molar-refractivity contribution is -0.133. The molecular weight excluding hydrogens is 224 g/mol. The van der Waals surface area contributed by atoms with Crippen molar-refractivity contribution in [2.75, 3.05) is 6.54 Å². The number of allylic oxidation sites excluding steroid dienone is 4. The topological polar surface area (TPSA) is 49.4 Å². The Labute approximate surface area is 99.0 Å². The van der Waals surface area contributed by atoms with Crippen LogP contribution in [0.3, 0.4) is 0 Å². The lowest BCUT2D eigenvalue weighted by atomic mass is 9.86. The first-order valence-electron chi connectivity index (χ1n) is 5.15. The van der Waals surface area contributed by atoms with Gasteiger partial charge in [-0.25, -0.2) is 0 Å². The van der Waals surface area contributed by atoms with Crippen molar-refractivity contribution in [2.45, 2.75) is 6.92 Å². The highest BCUT2D eigenvalue weighted by molar-refractivity contribution is 7.80. The van der Waals surface area contributed by atoms with Crippen LogP contribution in [-0.4, -0.2) is 28.2 Å². The van der Waals surface area contributed by atoms with Crippen LogP contribution in [0.4, 0.5) is 0 Å². The molecule has 1 aliphatic heterocycles. The maximum atomic E-state index is 11.9. The maximum absolute atomic E-state index is 11.9. The minimum Gasteiger partial charge on any atom is -0.272 e. The molecule has 2 unspecified atom stereocenters. The van der Waals surface area contributed by atoms with E-state index in [1.54, 1.807) is 6.08 Å². The molecule has 0 aromatic heterocycles. The molecule has 84 valence electrons. The fourth-order valence-electron chi connectivity index (χ4n) is 1.90. The van der Waals surface area contributed by atoms with Gasteiger partial charge in [0.15, 0.2) is 0 Å². The number of thiocarbonyl (C=S) groups is 1. The molecular formula is C11H12N2O2S. The minimum absolute atomic E-state index is 0.195. The molecule has 2 aliphatic rings. The highest BCUT2D eigenvalue weighted by atomic mass is 32.1. The van der Waals surface area contributed by atoms with Crippen molar-refractivity contribution in [3.63, 3.8) is 0 Å². The molecule has 1 N–H and O–H groups in total. The highest BCUT2D eigenvalue weighted by Gasteiger charge is 2.44. The van der Waals surface area contributed by atoms with Gasteiger partial charge in [-0.3, -0.25) is 20.0 Å². The van der Waals surface area contributed by atoms with Crippen molar-refractivity contribution >= 4 is 28.9 Å². The average Bonchev–Trinajstić information content (AvgIpc) is 2.55. The van der Waals surface area contributed by atoms with E-state index in [0.29, 0.717) is 11.4 Å². The summed E-state index contributed by atoms with van der Waals surface area (Å²) in [6.07, 6.45) is 7.20. The van der Waals surface area contributed by atoms with Crippen LogP contribution < -0.4 is 5.43 Å². The van der Waals surface area contributed by atoms with Gasteiger partial charge in [0.05, 0.1) is 0 Å². The minimum atomic E-state index is -0.700. The van der Waals surface area contributed by atoms with Crippen LogP contribution in [0, 0.1) is 11.8 Å². The molecule has 2 amide bonds. The molecule has 0 aromatic rings. The van der Waals surface area contributed by atoms with Gasteiger partial charge in [-0.05, 0) is 13.0 Å². The lowest BCUT2D eigenvalue weighted by Gasteiger charge is -2.18. The first-order chi connectivity index (χ1) is 7.65. The SMILES string of the molecule is CCN1NC(=O)C(C2C=CC=CC2=S)C1=O. The summed E-state index contributed by atoms with van der Waals surface area (Å²) >= 11 is 5.16. The van der Waals surface area contributed by atoms with E-state index < -0.39 is 5.92 Å². The van der Waals surface area contributed by atoms with Gasteiger partial charge >= 0.3 is 0 Å². The standard InChI is InChI=1S/C11H12N2O2S/c1-2-13-11(15)9(10(14)12-13)7-5-3-4-6-8(7)16/h3-7,9H,2H2,1H3,(H,12,14). The van der Waals surface area contributed by atoms with Gasteiger partial charge in [0.1, 0.15) is 5.92 Å². The molecule has 2 rings (SSSR count). The summed E-state index contributed by atoms with van der Waals surface area (Å²) in [5.41, 5.74) is 2.55. The summed E-state index contributed by atoms with van der Waals surface area (Å²) in [5, 5.41) is 1.34. The summed E-state index contributed by atoms with van der Waals surface area (Å²) in [6, 6.07) is 0. The predicted octanol–water partition coefficient (Wildman–Crippen LogP) is 0.608. The third kappa shape index (κ3) is 1.67. The van der Waals surface area contributed by atoms with Crippen LogP contribution in [0.1, 0.15) is 6.92 Å². The number of amides is 2. The molecule has 0 bridgehead atoms. The number of hydrazine groups is 1. The van der Waals surface area contributed by atoms with Crippen molar-refractivity contribution in [3.05, 3.63) is 24.3 Å². The largest absolute Gasteiger partial charge is 0.272 e. The number of hydrogen-bond acceptors (Lipinski definition) is 3. The first kappa shape index (κ1) is 11.0. The molecule has 1 heterocycles. The summed E-state index contributed by atoms with van der Waals surface area (Å²) in [7, 11) is 0. The molecule has 1 aliphatic carbocycles. The average molecular weight is 236 g/mol. The number of nitrogens with zero attached hydrogens (tertiary/aromatic N) is 1. The van der Waals surface area contributed by atoms with E-state index in [1.165, 1.54) is 5.01 Å². The van der Waals surface area contributed by atoms with Crippen LogP contribution in [0.15, 0.2) is 24.3 Å². The third-order valence-corrected chi connectivity index (χ3v) is 3.16. The molecule has 1 saturated heterocycles. The van der Waals surface area contributed by atoms with E-state index in [4.69, 9.17) is 12.2 Å². The van der Waals surface area contributed by atoms with E-state index in [1.807, 2.05) is 25.2 Å². The normalized spacial score (nSPS) is 28.8. The Bertz CT molecular complexity index is 414. The molecule has 0 saturated carbocycles. The number of nitrogens with one attached hydrogen (secondary N) is 1. The van der Waals surface area contributed by atoms with Crippen molar-refractivity contribution in [2.24, 2.45) is 11.8 Å². The van der Waals surface area contributed by atoms with E-state index in [0.717, 1.165) is 0 Å². The number of rotatable bonds is 2. The molecule has 0 aromatic carbocycles. The van der Waals surface area contributed by atoms with Crippen LogP contribution in [-0.2, 0) is 9.59 Å². The molecule has 2 atom stereocenters. The third-order valence-electron chi connectivity index (χ3n) is 2.75. The van der Waals surface area contributed by atoms with Crippen molar-refractivity contribution in [3.8, 4) is 0 Å². The monoisotopic (exact) mass is 236 g/mol. The quantitative estimate of drug-likeness (QED) is 0.564. The number of carbonyl (C=O) groups excluding carboxylic acids is 2. The summed E-state index contributed by atoms with van der Waals surface area (Å²) < 4.78 is 0. The smallest absolute Gasteiger partial charge is 0.254 e. The zero-order chi connectivity index (χ0) is 11.7. The van der Waals surface area contributed by atoms with Crippen LogP contribution in [0.2, 0.25) is 0 Å². The van der Waals surface area contributed by atoms with Crippen molar-refractivity contribution < 1.29 is 9.59 Å². The van der Waals surface area contributed by atoms with Gasteiger partial charge in [-0.15, -0.1) is 0 Å². The van der Waals surface area contributed by atoms with Gasteiger partial charge in [0.2, 0.25) is 0 Å². The van der Waals surface area contributed by atoms with Crippen molar-refractivity contribution in [1.29, 1.82) is 0 Å². The van der Waals surface area contributed by atoms with Gasteiger partial charge in [0, 0.05) is 17.3 Å². The summed E-state index contributed by atoms with van der Waals surface area (Å²) in [4.78, 5) is 24.3. The maximum Gasteiger partial charge on any atom is 0.254 e. The second-order valence-electron chi connectivity index (χ2n) is 3.71. The highest BCUT2D eigenvalue weighted by Crippen LogP contribution is 2.25. The van der Waals surface area contributed by atoms with Gasteiger partial charge in [-0.2, -0.15) is 0 Å². The molecule has 4 nitrogen and oxygen atoms in total. The van der Waals surface area contributed by atoms with E-state index in [-0.39, 0.29) is 17.7 Å². The molecule has 0 radical (unpaired) electrons. The van der Waals surface area contributed by atoms with Crippen LogP contribution in [0.5, 0.6) is 0 Å². The summed E-state index contributed by atoms with van der Waals surface area (Å²) in [6.45, 7) is 2.29. The Morgan fingerprint density at radius 2 is 2.19 bits per heavy atom. The van der Waals surface area contributed by atoms with E-state index >= 15 is 0 Å². The fourth-order valence-corrected chi connectivity index (χ4v) is 2.20. The number of hydrogen-bond donors (Lipinski definition) is 1. The summed E-state index contributed by atoms with van der Waals surface area (Å²) in [5.74, 6) is -1.45. The molecule has 5 heteroatoms. The van der Waals surface area contributed by atoms with Gasteiger partial charge in [-0.1, -0.05) is 30.4 Å². The Hall–Kier alpha value is -1.49. The van der Waals surface area contributed by atoms with E-state index in [2.05, 4.69) is 5.43 Å². The lowest BCUT2D eigenvalue weighted by Crippen LogP contribution is -2.35. The van der Waals surface area contributed by atoms with Crippen LogP contribution in [0.25, 0.3) is 0 Å². The Morgan fingerprint density at radius 3 is 2.75 bits per heavy atom. The van der Waals surface area contributed by atoms with Crippen molar-refractivity contribution in [1.82, 2.24) is 10.4 Å². The predicted molar refractivity (Wildman–Crippen MR) is 63.4 cm³/mol. The zero-order valence-corrected chi connectivity index (χ0v) is 9.66. The first-order valence-corrected chi connectivity index (χ1v) is 5.56. The Balaban J connectivity index is 2.24. The molecule has 0 spiro atoms. The van der Waals surface area contributed by atoms with Gasteiger partial charge < -0.3 is 0 Å².